The van der Waals surface area contributed by atoms with E-state index in [2.05, 4.69) is 10.1 Å². The molecule has 2 rings (SSSR count). The topological polar surface area (TPSA) is 88.3 Å². The lowest BCUT2D eigenvalue weighted by atomic mass is 9.76. The molecule has 0 aliphatic carbocycles. The van der Waals surface area contributed by atoms with Gasteiger partial charge in [-0.1, -0.05) is 13.8 Å². The third-order valence-electron chi connectivity index (χ3n) is 4.33. The zero-order valence-electron chi connectivity index (χ0n) is 12.0. The Balaban J connectivity index is 2.13. The van der Waals surface area contributed by atoms with Gasteiger partial charge in [0.2, 0.25) is 5.91 Å². The normalized spacial score (nSPS) is 24.1. The SMILES string of the molecule is CC(C(=O)N1CCC(C(=O)O)(C(C)C)C1)n1cncn1. The van der Waals surface area contributed by atoms with Gasteiger partial charge < -0.3 is 10.0 Å². The smallest absolute Gasteiger partial charge is 0.311 e. The molecule has 2 atom stereocenters. The van der Waals surface area contributed by atoms with Crippen molar-refractivity contribution >= 4 is 11.9 Å². The molecule has 2 unspecified atom stereocenters. The van der Waals surface area contributed by atoms with Crippen molar-refractivity contribution in [3.8, 4) is 0 Å². The van der Waals surface area contributed by atoms with Crippen LogP contribution in [0.4, 0.5) is 0 Å². The van der Waals surface area contributed by atoms with Crippen molar-refractivity contribution in [1.82, 2.24) is 19.7 Å². The number of hydrogen-bond donors (Lipinski definition) is 1. The van der Waals surface area contributed by atoms with Crippen LogP contribution in [0.1, 0.15) is 33.2 Å². The van der Waals surface area contributed by atoms with E-state index in [1.807, 2.05) is 13.8 Å². The lowest BCUT2D eigenvalue weighted by Gasteiger charge is -2.29. The average Bonchev–Trinajstić information content (AvgIpc) is 3.06. The Kier molecular flexibility index (Phi) is 3.78. The number of nitrogens with zero attached hydrogens (tertiary/aromatic N) is 4. The van der Waals surface area contributed by atoms with Gasteiger partial charge in [-0.2, -0.15) is 5.10 Å². The first-order valence-electron chi connectivity index (χ1n) is 6.75. The Hall–Kier alpha value is -1.92. The molecule has 1 aliphatic heterocycles. The van der Waals surface area contributed by atoms with Gasteiger partial charge in [0.15, 0.2) is 0 Å². The molecule has 7 nitrogen and oxygen atoms in total. The summed E-state index contributed by atoms with van der Waals surface area (Å²) >= 11 is 0. The summed E-state index contributed by atoms with van der Waals surface area (Å²) in [6, 6.07) is -0.464. The molecule has 1 saturated heterocycles. The van der Waals surface area contributed by atoms with Crippen molar-refractivity contribution in [2.75, 3.05) is 13.1 Å². The van der Waals surface area contributed by atoms with Gasteiger partial charge in [-0.15, -0.1) is 0 Å². The summed E-state index contributed by atoms with van der Waals surface area (Å²) < 4.78 is 1.48. The number of aliphatic carboxylic acids is 1. The number of carboxylic acid groups (broad SMARTS) is 1. The molecular formula is C13H20N4O3. The molecule has 0 saturated carbocycles. The van der Waals surface area contributed by atoms with Crippen molar-refractivity contribution in [2.24, 2.45) is 11.3 Å². The molecule has 1 aliphatic rings. The number of hydrogen-bond acceptors (Lipinski definition) is 4. The zero-order valence-corrected chi connectivity index (χ0v) is 12.0. The summed E-state index contributed by atoms with van der Waals surface area (Å²) in [5.41, 5.74) is -0.836. The summed E-state index contributed by atoms with van der Waals surface area (Å²) in [5, 5.41) is 13.4. The molecule has 0 spiro atoms. The summed E-state index contributed by atoms with van der Waals surface area (Å²) in [4.78, 5) is 29.4. The van der Waals surface area contributed by atoms with Crippen molar-refractivity contribution < 1.29 is 14.7 Å². The highest BCUT2D eigenvalue weighted by atomic mass is 16.4. The van der Waals surface area contributed by atoms with E-state index in [1.54, 1.807) is 11.8 Å². The van der Waals surface area contributed by atoms with Gasteiger partial charge in [0.25, 0.3) is 0 Å². The van der Waals surface area contributed by atoms with Gasteiger partial charge in [0.05, 0.1) is 5.41 Å². The second-order valence-electron chi connectivity index (χ2n) is 5.68. The highest BCUT2D eigenvalue weighted by Crippen LogP contribution is 2.38. The largest absolute Gasteiger partial charge is 0.481 e. The Labute approximate surface area is 117 Å². The van der Waals surface area contributed by atoms with E-state index in [9.17, 15) is 14.7 Å². The third kappa shape index (κ3) is 2.28. The molecule has 1 amide bonds. The zero-order chi connectivity index (χ0) is 14.9. The summed E-state index contributed by atoms with van der Waals surface area (Å²) in [6.45, 7) is 6.26. The highest BCUT2D eigenvalue weighted by molar-refractivity contribution is 5.83. The molecule has 20 heavy (non-hydrogen) atoms. The molecular weight excluding hydrogens is 260 g/mol. The number of rotatable bonds is 4. The van der Waals surface area contributed by atoms with Gasteiger partial charge >= 0.3 is 5.97 Å². The fourth-order valence-electron chi connectivity index (χ4n) is 2.71. The number of carboxylic acids is 1. The standard InChI is InChI=1S/C13H20N4O3/c1-9(2)13(12(19)20)4-5-16(6-13)11(18)10(3)17-8-14-7-15-17/h7-10H,4-6H2,1-3H3,(H,19,20). The Morgan fingerprint density at radius 3 is 2.50 bits per heavy atom. The Morgan fingerprint density at radius 1 is 1.35 bits per heavy atom. The maximum atomic E-state index is 12.4. The minimum Gasteiger partial charge on any atom is -0.481 e. The predicted octanol–water partition coefficient (Wildman–Crippen LogP) is 0.798. The van der Waals surface area contributed by atoms with Crippen molar-refractivity contribution in [3.05, 3.63) is 12.7 Å². The highest BCUT2D eigenvalue weighted by Gasteiger charge is 2.49. The number of carbonyl (C=O) groups excluding carboxylic acids is 1. The van der Waals surface area contributed by atoms with E-state index in [0.29, 0.717) is 13.0 Å². The van der Waals surface area contributed by atoms with Crippen LogP contribution in [0.15, 0.2) is 12.7 Å². The molecule has 1 fully saturated rings. The molecule has 2 heterocycles. The van der Waals surface area contributed by atoms with Gasteiger partial charge in [-0.3, -0.25) is 9.59 Å². The van der Waals surface area contributed by atoms with Crippen LogP contribution < -0.4 is 0 Å². The van der Waals surface area contributed by atoms with Crippen LogP contribution in [0.5, 0.6) is 0 Å². The minimum atomic E-state index is -0.836. The molecule has 1 aromatic rings. The fourth-order valence-corrected chi connectivity index (χ4v) is 2.71. The Bertz CT molecular complexity index is 500. The van der Waals surface area contributed by atoms with E-state index >= 15 is 0 Å². The second-order valence-corrected chi connectivity index (χ2v) is 5.68. The maximum Gasteiger partial charge on any atom is 0.311 e. The van der Waals surface area contributed by atoms with Crippen molar-refractivity contribution in [3.63, 3.8) is 0 Å². The molecule has 0 radical (unpaired) electrons. The lowest BCUT2D eigenvalue weighted by molar-refractivity contribution is -0.151. The van der Waals surface area contributed by atoms with E-state index in [4.69, 9.17) is 0 Å². The van der Waals surface area contributed by atoms with Crippen molar-refractivity contribution in [1.29, 1.82) is 0 Å². The first-order valence-corrected chi connectivity index (χ1v) is 6.75. The van der Waals surface area contributed by atoms with Crippen LogP contribution in [0.2, 0.25) is 0 Å². The lowest BCUT2D eigenvalue weighted by Crippen LogP contribution is -2.42. The van der Waals surface area contributed by atoms with E-state index in [0.717, 1.165) is 0 Å². The quantitative estimate of drug-likeness (QED) is 0.881. The molecule has 0 bridgehead atoms. The first kappa shape index (κ1) is 14.5. The average molecular weight is 280 g/mol. The van der Waals surface area contributed by atoms with Gasteiger partial charge in [-0.25, -0.2) is 9.67 Å². The van der Waals surface area contributed by atoms with Gasteiger partial charge in [0.1, 0.15) is 18.7 Å². The van der Waals surface area contributed by atoms with E-state index in [-0.39, 0.29) is 18.4 Å². The number of likely N-dealkylation sites (tertiary alicyclic amines) is 1. The van der Waals surface area contributed by atoms with Crippen LogP contribution in [0.3, 0.4) is 0 Å². The molecule has 7 heteroatoms. The monoisotopic (exact) mass is 280 g/mol. The number of amides is 1. The molecule has 1 N–H and O–H groups in total. The maximum absolute atomic E-state index is 12.4. The second kappa shape index (κ2) is 5.22. The number of carbonyl (C=O) groups is 2. The first-order chi connectivity index (χ1) is 9.38. The Morgan fingerprint density at radius 2 is 2.05 bits per heavy atom. The van der Waals surface area contributed by atoms with Crippen LogP contribution in [-0.2, 0) is 9.59 Å². The summed E-state index contributed by atoms with van der Waals surface area (Å²) in [6.07, 6.45) is 3.37. The summed E-state index contributed by atoms with van der Waals surface area (Å²) in [5.74, 6) is -0.949. The predicted molar refractivity (Wildman–Crippen MR) is 70.8 cm³/mol. The van der Waals surface area contributed by atoms with Crippen LogP contribution in [-0.4, -0.2) is 49.7 Å². The molecule has 1 aromatic heterocycles. The third-order valence-corrected chi connectivity index (χ3v) is 4.33. The molecule has 110 valence electrons. The molecule has 0 aromatic carbocycles. The van der Waals surface area contributed by atoms with Crippen LogP contribution >= 0.6 is 0 Å². The summed E-state index contributed by atoms with van der Waals surface area (Å²) in [7, 11) is 0. The van der Waals surface area contributed by atoms with Crippen LogP contribution in [0.25, 0.3) is 0 Å². The van der Waals surface area contributed by atoms with E-state index in [1.165, 1.54) is 17.3 Å². The van der Waals surface area contributed by atoms with Gasteiger partial charge in [0, 0.05) is 13.1 Å². The minimum absolute atomic E-state index is 0.0144. The van der Waals surface area contributed by atoms with Crippen LogP contribution in [0, 0.1) is 11.3 Å². The van der Waals surface area contributed by atoms with E-state index < -0.39 is 17.4 Å². The number of aromatic nitrogens is 3. The van der Waals surface area contributed by atoms with Crippen molar-refractivity contribution in [2.45, 2.75) is 33.2 Å². The fraction of sp³-hybridized carbons (Fsp3) is 0.692. The van der Waals surface area contributed by atoms with Gasteiger partial charge in [-0.05, 0) is 19.3 Å².